The molecular weight excluding hydrogens is 326 g/mol. The number of benzene rings is 1. The van der Waals surface area contributed by atoms with Gasteiger partial charge in [-0.25, -0.2) is 9.78 Å². The van der Waals surface area contributed by atoms with Gasteiger partial charge in [-0.2, -0.15) is 0 Å². The van der Waals surface area contributed by atoms with E-state index in [9.17, 15) is 9.59 Å². The molecule has 0 aliphatic rings. The molecule has 0 saturated heterocycles. The molecule has 2 rings (SSSR count). The summed E-state index contributed by atoms with van der Waals surface area (Å²) in [6.45, 7) is 3.23. The molecule has 1 aromatic heterocycles. The fraction of sp³-hybridized carbons (Fsp3) is 0.267. The molecule has 0 bridgehead atoms. The number of hydrogen-bond acceptors (Lipinski definition) is 6. The predicted molar refractivity (Wildman–Crippen MR) is 84.0 cm³/mol. The minimum absolute atomic E-state index is 0.0619. The van der Waals surface area contributed by atoms with Crippen LogP contribution in [0.1, 0.15) is 29.2 Å². The first-order valence-corrected chi connectivity index (χ1v) is 7.76. The number of thiazole rings is 1. The fourth-order valence-corrected chi connectivity index (χ4v) is 2.79. The highest BCUT2D eigenvalue weighted by Gasteiger charge is 2.20. The van der Waals surface area contributed by atoms with Crippen molar-refractivity contribution >= 4 is 34.9 Å². The van der Waals surface area contributed by atoms with Gasteiger partial charge < -0.3 is 9.47 Å². The van der Waals surface area contributed by atoms with Gasteiger partial charge in [-0.1, -0.05) is 23.7 Å². The topological polar surface area (TPSA) is 65.5 Å². The van der Waals surface area contributed by atoms with Crippen LogP contribution in [-0.4, -0.2) is 23.5 Å². The highest BCUT2D eigenvalue weighted by Crippen LogP contribution is 2.30. The molecule has 0 fully saturated rings. The Bertz CT molecular complexity index is 681. The molecule has 0 unspecified atom stereocenters. The molecule has 0 aliphatic heterocycles. The van der Waals surface area contributed by atoms with E-state index in [4.69, 9.17) is 21.1 Å². The maximum absolute atomic E-state index is 12.0. The highest BCUT2D eigenvalue weighted by atomic mass is 35.5. The summed E-state index contributed by atoms with van der Waals surface area (Å²) in [5.41, 5.74) is 1.22. The molecule has 1 heterocycles. The minimum Gasteiger partial charge on any atom is -0.462 e. The first-order valence-electron chi connectivity index (χ1n) is 6.57. The molecule has 0 radical (unpaired) electrons. The van der Waals surface area contributed by atoms with Gasteiger partial charge in [0.1, 0.15) is 22.2 Å². The van der Waals surface area contributed by atoms with E-state index in [2.05, 4.69) is 4.98 Å². The van der Waals surface area contributed by atoms with Crippen molar-refractivity contribution in [1.82, 2.24) is 4.98 Å². The molecule has 0 N–H and O–H groups in total. The number of halogens is 1. The van der Waals surface area contributed by atoms with Gasteiger partial charge in [0.15, 0.2) is 0 Å². The summed E-state index contributed by atoms with van der Waals surface area (Å²) in [7, 11) is 0. The average molecular weight is 340 g/mol. The molecule has 116 valence electrons. The van der Waals surface area contributed by atoms with E-state index in [1.54, 1.807) is 19.1 Å². The molecule has 5 nitrogen and oxygen atoms in total. The van der Waals surface area contributed by atoms with Crippen LogP contribution in [0.25, 0.3) is 10.6 Å². The number of rotatable bonds is 5. The third kappa shape index (κ3) is 4.05. The molecule has 0 spiro atoms. The van der Waals surface area contributed by atoms with E-state index >= 15 is 0 Å². The average Bonchev–Trinajstić information content (AvgIpc) is 2.90. The number of carbonyl (C=O) groups is 2. The van der Waals surface area contributed by atoms with Crippen LogP contribution in [0, 0.1) is 0 Å². The Morgan fingerprint density at radius 1 is 1.23 bits per heavy atom. The number of aromatic nitrogens is 1. The van der Waals surface area contributed by atoms with Gasteiger partial charge in [0.2, 0.25) is 0 Å². The van der Waals surface area contributed by atoms with E-state index in [-0.39, 0.29) is 13.2 Å². The number of nitrogens with zero attached hydrogens (tertiary/aromatic N) is 1. The third-order valence-electron chi connectivity index (χ3n) is 2.66. The summed E-state index contributed by atoms with van der Waals surface area (Å²) >= 11 is 7.06. The van der Waals surface area contributed by atoms with E-state index in [1.807, 2.05) is 12.1 Å². The number of hydrogen-bond donors (Lipinski definition) is 0. The van der Waals surface area contributed by atoms with Crippen LogP contribution in [-0.2, 0) is 20.9 Å². The Morgan fingerprint density at radius 2 is 1.91 bits per heavy atom. The van der Waals surface area contributed by atoms with Gasteiger partial charge in [0, 0.05) is 17.5 Å². The van der Waals surface area contributed by atoms with Crippen molar-refractivity contribution in [2.45, 2.75) is 20.5 Å². The van der Waals surface area contributed by atoms with Crippen LogP contribution in [0.5, 0.6) is 0 Å². The lowest BCUT2D eigenvalue weighted by atomic mass is 10.2. The van der Waals surface area contributed by atoms with Gasteiger partial charge >= 0.3 is 11.9 Å². The van der Waals surface area contributed by atoms with E-state index < -0.39 is 11.9 Å². The van der Waals surface area contributed by atoms with Crippen LogP contribution in [0.2, 0.25) is 5.02 Å². The lowest BCUT2D eigenvalue weighted by Crippen LogP contribution is -2.08. The van der Waals surface area contributed by atoms with Gasteiger partial charge in [-0.3, -0.25) is 4.79 Å². The molecule has 0 amide bonds. The van der Waals surface area contributed by atoms with Crippen LogP contribution in [0.4, 0.5) is 0 Å². The zero-order chi connectivity index (χ0) is 16.1. The van der Waals surface area contributed by atoms with Crippen molar-refractivity contribution in [2.75, 3.05) is 6.61 Å². The third-order valence-corrected chi connectivity index (χ3v) is 4.04. The largest absolute Gasteiger partial charge is 0.462 e. The monoisotopic (exact) mass is 339 g/mol. The second-order valence-corrected chi connectivity index (χ2v) is 5.74. The first kappa shape index (κ1) is 16.5. The number of ether oxygens (including phenoxy) is 2. The molecule has 22 heavy (non-hydrogen) atoms. The molecule has 1 aromatic carbocycles. The van der Waals surface area contributed by atoms with Crippen molar-refractivity contribution in [3.8, 4) is 10.6 Å². The lowest BCUT2D eigenvalue weighted by Gasteiger charge is -2.02. The van der Waals surface area contributed by atoms with E-state index in [1.165, 1.54) is 18.3 Å². The van der Waals surface area contributed by atoms with Crippen molar-refractivity contribution in [3.05, 3.63) is 39.9 Å². The van der Waals surface area contributed by atoms with Gasteiger partial charge in [0.25, 0.3) is 0 Å². The van der Waals surface area contributed by atoms with Crippen LogP contribution in [0.15, 0.2) is 24.3 Å². The lowest BCUT2D eigenvalue weighted by molar-refractivity contribution is -0.142. The Hall–Kier alpha value is -1.92. The van der Waals surface area contributed by atoms with E-state index in [0.717, 1.165) is 5.56 Å². The smallest absolute Gasteiger partial charge is 0.350 e. The second kappa shape index (κ2) is 7.38. The Balaban J connectivity index is 2.35. The maximum atomic E-state index is 12.0. The standard InChI is InChI=1S/C15H14ClNO4S/c1-3-20-15(19)13-12(8-21-9(2)18)17-14(22-13)10-4-6-11(16)7-5-10/h4-7H,3,8H2,1-2H3. The molecular formula is C15H14ClNO4S. The number of carbonyl (C=O) groups excluding carboxylic acids is 2. The maximum Gasteiger partial charge on any atom is 0.350 e. The van der Waals surface area contributed by atoms with Crippen LogP contribution < -0.4 is 0 Å². The molecule has 7 heteroatoms. The summed E-state index contributed by atoms with van der Waals surface area (Å²) < 4.78 is 9.96. The highest BCUT2D eigenvalue weighted by molar-refractivity contribution is 7.17. The summed E-state index contributed by atoms with van der Waals surface area (Å²) in [4.78, 5) is 27.7. The SMILES string of the molecule is CCOC(=O)c1sc(-c2ccc(Cl)cc2)nc1COC(C)=O. The summed E-state index contributed by atoms with van der Waals surface area (Å²) in [6.07, 6.45) is 0. The number of esters is 2. The van der Waals surface area contributed by atoms with Gasteiger partial charge in [-0.05, 0) is 19.1 Å². The quantitative estimate of drug-likeness (QED) is 0.777. The van der Waals surface area contributed by atoms with Gasteiger partial charge in [-0.15, -0.1) is 11.3 Å². The second-order valence-electron chi connectivity index (χ2n) is 4.30. The van der Waals surface area contributed by atoms with Crippen LogP contribution in [0.3, 0.4) is 0 Å². The van der Waals surface area contributed by atoms with E-state index in [0.29, 0.717) is 20.6 Å². The zero-order valence-electron chi connectivity index (χ0n) is 12.1. The minimum atomic E-state index is -0.470. The normalized spacial score (nSPS) is 10.3. The Morgan fingerprint density at radius 3 is 2.50 bits per heavy atom. The molecule has 2 aromatic rings. The van der Waals surface area contributed by atoms with Gasteiger partial charge in [0.05, 0.1) is 6.61 Å². The van der Waals surface area contributed by atoms with Crippen molar-refractivity contribution in [1.29, 1.82) is 0 Å². The fourth-order valence-electron chi connectivity index (χ4n) is 1.69. The first-order chi connectivity index (χ1) is 10.5. The van der Waals surface area contributed by atoms with Crippen LogP contribution >= 0.6 is 22.9 Å². The Labute approximate surface area is 136 Å². The summed E-state index contributed by atoms with van der Waals surface area (Å²) in [6, 6.07) is 7.11. The Kier molecular flexibility index (Phi) is 5.51. The molecule has 0 saturated carbocycles. The van der Waals surface area contributed by atoms with Crippen molar-refractivity contribution in [3.63, 3.8) is 0 Å². The zero-order valence-corrected chi connectivity index (χ0v) is 13.7. The van der Waals surface area contributed by atoms with Crippen molar-refractivity contribution < 1.29 is 19.1 Å². The summed E-state index contributed by atoms with van der Waals surface area (Å²) in [5.74, 6) is -0.904. The summed E-state index contributed by atoms with van der Waals surface area (Å²) in [5, 5.41) is 1.26. The van der Waals surface area contributed by atoms with Crippen molar-refractivity contribution in [2.24, 2.45) is 0 Å². The molecule has 0 atom stereocenters. The molecule has 0 aliphatic carbocycles. The predicted octanol–water partition coefficient (Wildman–Crippen LogP) is 3.70.